The molecule has 0 heterocycles. The van der Waals surface area contributed by atoms with Gasteiger partial charge in [-0.15, -0.1) is 0 Å². The highest BCUT2D eigenvalue weighted by molar-refractivity contribution is 8.09. The quantitative estimate of drug-likeness (QED) is 0.819. The molecule has 0 saturated carbocycles. The van der Waals surface area contributed by atoms with E-state index in [2.05, 4.69) is 0 Å². The van der Waals surface area contributed by atoms with Gasteiger partial charge in [-0.1, -0.05) is 23.2 Å². The Morgan fingerprint density at radius 1 is 1.05 bits per heavy atom. The summed E-state index contributed by atoms with van der Waals surface area (Å²) in [4.78, 5) is -0.660. The van der Waals surface area contributed by atoms with E-state index < -0.39 is 34.7 Å². The molecule has 0 saturated heterocycles. The van der Waals surface area contributed by atoms with Crippen molar-refractivity contribution in [1.29, 1.82) is 0 Å². The SMILES string of the molecule is CC(S(=O)(=O)c1ccc(Cl)c(Cl)c1)S(=O)(=O)C(F)(F)F. The lowest BCUT2D eigenvalue weighted by molar-refractivity contribution is -0.0437. The summed E-state index contributed by atoms with van der Waals surface area (Å²) < 4.78 is 80.6. The van der Waals surface area contributed by atoms with Crippen LogP contribution in [0, 0.1) is 0 Å². The van der Waals surface area contributed by atoms with E-state index in [1.54, 1.807) is 0 Å². The van der Waals surface area contributed by atoms with Crippen LogP contribution in [0.5, 0.6) is 0 Å². The maximum absolute atomic E-state index is 12.4. The fourth-order valence-corrected chi connectivity index (χ4v) is 4.86. The third-order valence-electron chi connectivity index (χ3n) is 2.42. The van der Waals surface area contributed by atoms with Gasteiger partial charge in [0.1, 0.15) is 0 Å². The van der Waals surface area contributed by atoms with Crippen molar-refractivity contribution in [3.8, 4) is 0 Å². The highest BCUT2D eigenvalue weighted by atomic mass is 35.5. The van der Waals surface area contributed by atoms with Crippen LogP contribution in [0.1, 0.15) is 6.92 Å². The summed E-state index contributed by atoms with van der Waals surface area (Å²) in [6.45, 7) is 0.445. The van der Waals surface area contributed by atoms with E-state index in [0.29, 0.717) is 6.92 Å². The molecule has 11 heteroatoms. The average molecular weight is 371 g/mol. The zero-order chi connectivity index (χ0) is 15.9. The normalized spacial score (nSPS) is 15.1. The Hall–Kier alpha value is -0.510. The van der Waals surface area contributed by atoms with E-state index >= 15 is 0 Å². The molecule has 1 atom stereocenters. The molecular formula is C9H7Cl2F3O4S2. The van der Waals surface area contributed by atoms with Gasteiger partial charge in [-0.25, -0.2) is 16.8 Å². The first kappa shape index (κ1) is 17.5. The molecule has 0 amide bonds. The van der Waals surface area contributed by atoms with Crippen LogP contribution in [0.15, 0.2) is 23.1 Å². The molecule has 0 N–H and O–H groups in total. The third kappa shape index (κ3) is 3.05. The first-order valence-corrected chi connectivity index (χ1v) is 8.66. The first-order chi connectivity index (χ1) is 8.81. The van der Waals surface area contributed by atoms with Crippen molar-refractivity contribution < 1.29 is 30.0 Å². The van der Waals surface area contributed by atoms with Gasteiger partial charge in [0.15, 0.2) is 14.4 Å². The number of hydrogen-bond donors (Lipinski definition) is 0. The Kier molecular flexibility index (Phi) is 4.70. The van der Waals surface area contributed by atoms with Gasteiger partial charge < -0.3 is 0 Å². The van der Waals surface area contributed by atoms with Gasteiger partial charge in [0.05, 0.1) is 14.9 Å². The predicted molar refractivity (Wildman–Crippen MR) is 68.1 cm³/mol. The lowest BCUT2D eigenvalue weighted by Gasteiger charge is -2.16. The Balaban J connectivity index is 3.41. The number of halogens is 5. The highest BCUT2D eigenvalue weighted by Crippen LogP contribution is 2.33. The monoisotopic (exact) mass is 370 g/mol. The maximum atomic E-state index is 12.4. The molecule has 20 heavy (non-hydrogen) atoms. The van der Waals surface area contributed by atoms with Crippen LogP contribution in [-0.2, 0) is 19.7 Å². The maximum Gasteiger partial charge on any atom is 0.498 e. The summed E-state index contributed by atoms with van der Waals surface area (Å²) in [6.07, 6.45) is 0. The fraction of sp³-hybridized carbons (Fsp3) is 0.333. The van der Waals surface area contributed by atoms with Gasteiger partial charge in [-0.2, -0.15) is 13.2 Å². The molecule has 4 nitrogen and oxygen atoms in total. The molecule has 1 unspecified atom stereocenters. The minimum absolute atomic E-state index is 0.0167. The van der Waals surface area contributed by atoms with E-state index in [9.17, 15) is 30.0 Å². The van der Waals surface area contributed by atoms with Crippen LogP contribution in [-0.4, -0.2) is 26.9 Å². The summed E-state index contributed by atoms with van der Waals surface area (Å²) in [5.41, 5.74) is -5.67. The smallest absolute Gasteiger partial charge is 0.222 e. The molecule has 0 spiro atoms. The molecule has 1 aromatic carbocycles. The first-order valence-electron chi connectivity index (χ1n) is 4.81. The third-order valence-corrected chi connectivity index (χ3v) is 7.98. The molecule has 0 fully saturated rings. The predicted octanol–water partition coefficient (Wildman–Crippen LogP) is 3.05. The van der Waals surface area contributed by atoms with Crippen LogP contribution in [0.4, 0.5) is 13.2 Å². The Morgan fingerprint density at radius 2 is 1.55 bits per heavy atom. The second-order valence-electron chi connectivity index (χ2n) is 3.68. The summed E-state index contributed by atoms with van der Waals surface area (Å²) in [7, 11) is -10.6. The molecule has 0 aliphatic carbocycles. The van der Waals surface area contributed by atoms with Gasteiger partial charge in [-0.3, -0.25) is 0 Å². The second-order valence-corrected chi connectivity index (χ2v) is 9.32. The number of benzene rings is 1. The van der Waals surface area contributed by atoms with E-state index in [1.165, 1.54) is 0 Å². The standard InChI is InChI=1S/C9H7Cl2F3O4S2/c1-5(20(17,18)9(12,13)14)19(15,16)6-2-3-7(10)8(11)4-6/h2-5H,1H3. The molecule has 0 aliphatic rings. The zero-order valence-electron chi connectivity index (χ0n) is 9.65. The van der Waals surface area contributed by atoms with E-state index in [4.69, 9.17) is 23.2 Å². The number of hydrogen-bond acceptors (Lipinski definition) is 4. The van der Waals surface area contributed by atoms with Crippen molar-refractivity contribution in [3.05, 3.63) is 28.2 Å². The lowest BCUT2D eigenvalue weighted by Crippen LogP contribution is -2.37. The van der Waals surface area contributed by atoms with Crippen LogP contribution >= 0.6 is 23.2 Å². The van der Waals surface area contributed by atoms with Gasteiger partial charge in [-0.05, 0) is 25.1 Å². The number of alkyl halides is 3. The minimum Gasteiger partial charge on any atom is -0.222 e. The van der Waals surface area contributed by atoms with Crippen LogP contribution < -0.4 is 0 Å². The molecule has 0 radical (unpaired) electrons. The Morgan fingerprint density at radius 3 is 1.95 bits per heavy atom. The molecule has 114 valence electrons. The van der Waals surface area contributed by atoms with Crippen molar-refractivity contribution in [2.45, 2.75) is 21.9 Å². The van der Waals surface area contributed by atoms with Gasteiger partial charge in [0.25, 0.3) is 9.84 Å². The molecule has 1 aromatic rings. The molecule has 1 rings (SSSR count). The van der Waals surface area contributed by atoms with Gasteiger partial charge in [0.2, 0.25) is 0 Å². The van der Waals surface area contributed by atoms with E-state index in [-0.39, 0.29) is 10.0 Å². The summed E-state index contributed by atoms with van der Waals surface area (Å²) in [6, 6.07) is 2.72. The van der Waals surface area contributed by atoms with Crippen molar-refractivity contribution in [2.24, 2.45) is 0 Å². The minimum atomic E-state index is -5.87. The van der Waals surface area contributed by atoms with Gasteiger partial charge >= 0.3 is 5.51 Å². The van der Waals surface area contributed by atoms with Crippen LogP contribution in [0.3, 0.4) is 0 Å². The van der Waals surface area contributed by atoms with E-state index in [1.807, 2.05) is 0 Å². The van der Waals surface area contributed by atoms with Gasteiger partial charge in [0, 0.05) is 0 Å². The molecule has 0 aliphatic heterocycles. The fourth-order valence-electron chi connectivity index (χ4n) is 1.20. The highest BCUT2D eigenvalue weighted by Gasteiger charge is 2.53. The lowest BCUT2D eigenvalue weighted by atomic mass is 10.4. The molecular weight excluding hydrogens is 364 g/mol. The van der Waals surface area contributed by atoms with E-state index in [0.717, 1.165) is 18.2 Å². The number of sulfone groups is 2. The molecule has 0 bridgehead atoms. The van der Waals surface area contributed by atoms with Crippen molar-refractivity contribution in [2.75, 3.05) is 0 Å². The average Bonchev–Trinajstić information content (AvgIpc) is 2.29. The zero-order valence-corrected chi connectivity index (χ0v) is 12.8. The summed E-state index contributed by atoms with van der Waals surface area (Å²) in [5.74, 6) is 0. The van der Waals surface area contributed by atoms with Crippen molar-refractivity contribution in [1.82, 2.24) is 0 Å². The number of rotatable bonds is 3. The van der Waals surface area contributed by atoms with Crippen LogP contribution in [0.25, 0.3) is 0 Å². The Bertz CT molecular complexity index is 726. The molecule has 0 aromatic heterocycles. The van der Waals surface area contributed by atoms with Crippen molar-refractivity contribution >= 4 is 42.9 Å². The summed E-state index contributed by atoms with van der Waals surface area (Å²) in [5, 5.41) is -0.235. The second kappa shape index (κ2) is 5.36. The van der Waals surface area contributed by atoms with Crippen molar-refractivity contribution in [3.63, 3.8) is 0 Å². The Labute approximate surface area is 123 Å². The topological polar surface area (TPSA) is 68.3 Å². The summed E-state index contributed by atoms with van der Waals surface area (Å²) >= 11 is 11.1. The van der Waals surface area contributed by atoms with Crippen LogP contribution in [0.2, 0.25) is 10.0 Å². The largest absolute Gasteiger partial charge is 0.498 e.